The van der Waals surface area contributed by atoms with Gasteiger partial charge >= 0.3 is 0 Å². The van der Waals surface area contributed by atoms with Gasteiger partial charge in [-0.1, -0.05) is 18.2 Å². The van der Waals surface area contributed by atoms with Crippen molar-refractivity contribution in [2.45, 2.75) is 38.3 Å². The van der Waals surface area contributed by atoms with Crippen LogP contribution in [0.3, 0.4) is 0 Å². The number of benzene rings is 1. The molecule has 5 heteroatoms. The molecule has 0 atom stereocenters. The zero-order chi connectivity index (χ0) is 16.2. The minimum absolute atomic E-state index is 0.0268. The van der Waals surface area contributed by atoms with Crippen LogP contribution in [0.4, 0.5) is 10.1 Å². The van der Waals surface area contributed by atoms with Crippen LogP contribution in [0, 0.1) is 11.7 Å². The molecule has 2 aliphatic rings. The number of carbonyl (C=O) groups is 1. The third-order valence-electron chi connectivity index (χ3n) is 4.66. The van der Waals surface area contributed by atoms with Crippen LogP contribution in [0.2, 0.25) is 0 Å². The molecule has 2 N–H and O–H groups in total. The van der Waals surface area contributed by atoms with Crippen LogP contribution in [-0.4, -0.2) is 30.2 Å². The van der Waals surface area contributed by atoms with E-state index in [1.165, 1.54) is 6.07 Å². The fourth-order valence-corrected chi connectivity index (χ4v) is 3.19. The number of amides is 1. The molecule has 1 heterocycles. The number of rotatable bonds is 4. The van der Waals surface area contributed by atoms with Gasteiger partial charge in [0.05, 0.1) is 11.8 Å². The largest absolute Gasteiger partial charge is 0.393 e. The van der Waals surface area contributed by atoms with Crippen molar-refractivity contribution in [1.82, 2.24) is 5.32 Å². The highest BCUT2D eigenvalue weighted by molar-refractivity contribution is 5.79. The van der Waals surface area contributed by atoms with E-state index in [4.69, 9.17) is 0 Å². The lowest BCUT2D eigenvalue weighted by atomic mass is 10.1. The van der Waals surface area contributed by atoms with Gasteiger partial charge in [0.2, 0.25) is 5.91 Å². The number of nitrogens with zero attached hydrogens (tertiary/aromatic N) is 1. The van der Waals surface area contributed by atoms with Gasteiger partial charge in [0.25, 0.3) is 0 Å². The normalized spacial score (nSPS) is 19.3. The first kappa shape index (κ1) is 16.0. The summed E-state index contributed by atoms with van der Waals surface area (Å²) in [6.45, 7) is 1.69. The Morgan fingerprint density at radius 1 is 1.26 bits per heavy atom. The van der Waals surface area contributed by atoms with Crippen molar-refractivity contribution in [3.05, 3.63) is 41.7 Å². The van der Waals surface area contributed by atoms with E-state index in [9.17, 15) is 14.3 Å². The zero-order valence-corrected chi connectivity index (χ0v) is 13.2. The highest BCUT2D eigenvalue weighted by atomic mass is 19.1. The first-order valence-corrected chi connectivity index (χ1v) is 8.27. The summed E-state index contributed by atoms with van der Waals surface area (Å²) in [6.07, 6.45) is 6.70. The molecule has 0 aromatic heterocycles. The molecule has 0 unspecified atom stereocenters. The number of hydrogen-bond acceptors (Lipinski definition) is 3. The molecule has 4 nitrogen and oxygen atoms in total. The molecular weight excluding hydrogens is 295 g/mol. The summed E-state index contributed by atoms with van der Waals surface area (Å²) in [5, 5.41) is 12.4. The molecule has 1 aliphatic heterocycles. The average Bonchev–Trinajstić information content (AvgIpc) is 3.08. The lowest BCUT2D eigenvalue weighted by molar-refractivity contribution is -0.124. The molecular formula is C18H23FN2O2. The van der Waals surface area contributed by atoms with Gasteiger partial charge in [-0.15, -0.1) is 0 Å². The molecule has 1 fully saturated rings. The fraction of sp³-hybridized carbons (Fsp3) is 0.500. The average molecular weight is 318 g/mol. The van der Waals surface area contributed by atoms with Gasteiger partial charge in [0, 0.05) is 25.6 Å². The van der Waals surface area contributed by atoms with Crippen molar-refractivity contribution < 1.29 is 14.3 Å². The summed E-state index contributed by atoms with van der Waals surface area (Å²) in [4.78, 5) is 13.9. The summed E-state index contributed by atoms with van der Waals surface area (Å²) in [6, 6.07) is 5.12. The van der Waals surface area contributed by atoms with Crippen LogP contribution in [0.15, 0.2) is 30.4 Å². The molecule has 1 aliphatic carbocycles. The SMILES string of the molecule is O=C(NCc1ccc(N2CCC(O)CC2)c(F)c1)C1CC=CC1. The maximum atomic E-state index is 14.3. The number of aliphatic hydroxyl groups is 1. The highest BCUT2D eigenvalue weighted by Crippen LogP contribution is 2.24. The molecule has 1 amide bonds. The van der Waals surface area contributed by atoms with E-state index in [2.05, 4.69) is 5.32 Å². The van der Waals surface area contributed by atoms with E-state index in [-0.39, 0.29) is 23.7 Å². The number of piperidine rings is 1. The monoisotopic (exact) mass is 318 g/mol. The Balaban J connectivity index is 1.57. The lowest BCUT2D eigenvalue weighted by Gasteiger charge is -2.31. The van der Waals surface area contributed by atoms with Gasteiger partial charge in [-0.3, -0.25) is 4.79 Å². The maximum absolute atomic E-state index is 14.3. The maximum Gasteiger partial charge on any atom is 0.224 e. The van der Waals surface area contributed by atoms with Crippen LogP contribution in [-0.2, 0) is 11.3 Å². The molecule has 0 spiro atoms. The Morgan fingerprint density at radius 3 is 2.61 bits per heavy atom. The van der Waals surface area contributed by atoms with Gasteiger partial charge < -0.3 is 15.3 Å². The standard InChI is InChI=1S/C18H23FN2O2/c19-16-11-13(12-20-18(23)14-3-1-2-4-14)5-6-17(16)21-9-7-15(22)8-10-21/h1-2,5-6,11,14-15,22H,3-4,7-10,12H2,(H,20,23). The Bertz CT molecular complexity index is 587. The Hall–Kier alpha value is -1.88. The molecule has 0 radical (unpaired) electrons. The minimum Gasteiger partial charge on any atom is -0.393 e. The molecule has 1 saturated heterocycles. The summed E-state index contributed by atoms with van der Waals surface area (Å²) in [7, 11) is 0. The second-order valence-electron chi connectivity index (χ2n) is 6.36. The number of carbonyl (C=O) groups excluding carboxylic acids is 1. The molecule has 3 rings (SSSR count). The number of halogens is 1. The van der Waals surface area contributed by atoms with Crippen LogP contribution in [0.25, 0.3) is 0 Å². The van der Waals surface area contributed by atoms with Crippen molar-refractivity contribution >= 4 is 11.6 Å². The summed E-state index contributed by atoms with van der Waals surface area (Å²) < 4.78 is 14.3. The van der Waals surface area contributed by atoms with Gasteiger partial charge in [-0.05, 0) is 43.4 Å². The van der Waals surface area contributed by atoms with E-state index in [0.717, 1.165) is 18.4 Å². The van der Waals surface area contributed by atoms with Crippen LogP contribution in [0.5, 0.6) is 0 Å². The van der Waals surface area contributed by atoms with Gasteiger partial charge in [-0.2, -0.15) is 0 Å². The zero-order valence-electron chi connectivity index (χ0n) is 13.2. The van der Waals surface area contributed by atoms with E-state index < -0.39 is 0 Å². The smallest absolute Gasteiger partial charge is 0.224 e. The quantitative estimate of drug-likeness (QED) is 0.838. The number of aliphatic hydroxyl groups excluding tert-OH is 1. The third-order valence-corrected chi connectivity index (χ3v) is 4.66. The van der Waals surface area contributed by atoms with E-state index in [1.54, 1.807) is 6.07 Å². The predicted octanol–water partition coefficient (Wildman–Crippen LogP) is 2.37. The van der Waals surface area contributed by atoms with Gasteiger partial charge in [0.15, 0.2) is 0 Å². The van der Waals surface area contributed by atoms with Crippen LogP contribution >= 0.6 is 0 Å². The number of hydrogen-bond donors (Lipinski definition) is 2. The summed E-state index contributed by atoms with van der Waals surface area (Å²) in [5.41, 5.74) is 1.34. The summed E-state index contributed by atoms with van der Waals surface area (Å²) >= 11 is 0. The number of nitrogens with one attached hydrogen (secondary N) is 1. The highest BCUT2D eigenvalue weighted by Gasteiger charge is 2.21. The molecule has 124 valence electrons. The Morgan fingerprint density at radius 2 is 1.96 bits per heavy atom. The molecule has 23 heavy (non-hydrogen) atoms. The van der Waals surface area contributed by atoms with Crippen molar-refractivity contribution in [2.24, 2.45) is 5.92 Å². The van der Waals surface area contributed by atoms with E-state index in [0.29, 0.717) is 38.2 Å². The van der Waals surface area contributed by atoms with Crippen molar-refractivity contribution in [3.8, 4) is 0 Å². The second kappa shape index (κ2) is 7.13. The van der Waals surface area contributed by atoms with Gasteiger partial charge in [-0.25, -0.2) is 4.39 Å². The topological polar surface area (TPSA) is 52.6 Å². The minimum atomic E-state index is -0.270. The van der Waals surface area contributed by atoms with Crippen molar-refractivity contribution in [3.63, 3.8) is 0 Å². The molecule has 0 saturated carbocycles. The lowest BCUT2D eigenvalue weighted by Crippen LogP contribution is -2.36. The van der Waals surface area contributed by atoms with E-state index in [1.807, 2.05) is 23.1 Å². The summed E-state index contributed by atoms with van der Waals surface area (Å²) in [5.74, 6) is -0.209. The number of anilines is 1. The second-order valence-corrected chi connectivity index (χ2v) is 6.36. The first-order chi connectivity index (χ1) is 11.1. The van der Waals surface area contributed by atoms with Crippen LogP contribution in [0.1, 0.15) is 31.2 Å². The number of allylic oxidation sites excluding steroid dienone is 2. The van der Waals surface area contributed by atoms with E-state index >= 15 is 0 Å². The first-order valence-electron chi connectivity index (χ1n) is 8.27. The molecule has 0 bridgehead atoms. The Kier molecular flexibility index (Phi) is 4.96. The van der Waals surface area contributed by atoms with Gasteiger partial charge in [0.1, 0.15) is 5.82 Å². The molecule has 1 aromatic rings. The van der Waals surface area contributed by atoms with Crippen molar-refractivity contribution in [1.29, 1.82) is 0 Å². The predicted molar refractivity (Wildman–Crippen MR) is 87.6 cm³/mol. The molecule has 1 aromatic carbocycles. The fourth-order valence-electron chi connectivity index (χ4n) is 3.19. The van der Waals surface area contributed by atoms with Crippen LogP contribution < -0.4 is 10.2 Å². The third kappa shape index (κ3) is 3.91. The van der Waals surface area contributed by atoms with Crippen molar-refractivity contribution in [2.75, 3.05) is 18.0 Å². The Labute approximate surface area is 136 Å².